The minimum atomic E-state index is -0.144. The van der Waals surface area contributed by atoms with Crippen molar-refractivity contribution in [2.24, 2.45) is 0 Å². The third kappa shape index (κ3) is 3.53. The Morgan fingerprint density at radius 2 is 2.23 bits per heavy atom. The molecule has 0 radical (unpaired) electrons. The van der Waals surface area contributed by atoms with Crippen molar-refractivity contribution in [1.82, 2.24) is 25.1 Å². The molecule has 2 atom stereocenters. The fourth-order valence-electron chi connectivity index (χ4n) is 4.74. The molecule has 2 bridgehead atoms. The molecule has 31 heavy (non-hydrogen) atoms. The number of hydrogen-bond donors (Lipinski definition) is 2. The van der Waals surface area contributed by atoms with Crippen LogP contribution >= 0.6 is 11.3 Å². The van der Waals surface area contributed by atoms with Gasteiger partial charge >= 0.3 is 5.97 Å². The monoisotopic (exact) mass is 439 g/mol. The van der Waals surface area contributed by atoms with Crippen molar-refractivity contribution >= 4 is 45.1 Å². The number of H-pyrrole nitrogens is 1. The van der Waals surface area contributed by atoms with Crippen LogP contribution in [0.3, 0.4) is 0 Å². The number of anilines is 3. The van der Waals surface area contributed by atoms with Gasteiger partial charge in [-0.1, -0.05) is 0 Å². The molecule has 10 heteroatoms. The van der Waals surface area contributed by atoms with Crippen LogP contribution in [0.1, 0.15) is 37.8 Å². The predicted octanol–water partition coefficient (Wildman–Crippen LogP) is 2.86. The number of fused-ring (bicyclic) bond motifs is 3. The summed E-state index contributed by atoms with van der Waals surface area (Å²) in [6, 6.07) is 4.78. The second-order valence-electron chi connectivity index (χ2n) is 8.54. The van der Waals surface area contributed by atoms with Crippen molar-refractivity contribution < 1.29 is 9.53 Å². The first kappa shape index (κ1) is 19.0. The standard InChI is InChI=1S/C21H25N7O2S/c1-2-30-18(29)11-27-9-14-7-13(27)10-28(14)21-22-15-5-6-31-19(15)20(24-21)23-17-8-16(25-26-17)12-3-4-12/h5-6,8,12-14H,2-4,7,9-11H2,1H3,(H2,22,23,24,25,26)/t13-,14-/m0/s1. The molecule has 9 nitrogen and oxygen atoms in total. The maximum atomic E-state index is 11.9. The van der Waals surface area contributed by atoms with Crippen molar-refractivity contribution in [1.29, 1.82) is 0 Å². The quantitative estimate of drug-likeness (QED) is 0.542. The second kappa shape index (κ2) is 7.45. The summed E-state index contributed by atoms with van der Waals surface area (Å²) in [6.07, 6.45) is 3.47. The number of likely N-dealkylation sites (tertiary alicyclic amines) is 1. The molecule has 0 amide bonds. The molecule has 0 unspecified atom stereocenters. The van der Waals surface area contributed by atoms with Crippen LogP contribution in [0.4, 0.5) is 17.6 Å². The summed E-state index contributed by atoms with van der Waals surface area (Å²) in [5.41, 5.74) is 2.07. The van der Waals surface area contributed by atoms with Crippen molar-refractivity contribution in [2.75, 3.05) is 36.5 Å². The third-order valence-electron chi connectivity index (χ3n) is 6.39. The van der Waals surface area contributed by atoms with Crippen LogP contribution in [-0.2, 0) is 9.53 Å². The zero-order chi connectivity index (χ0) is 20.9. The van der Waals surface area contributed by atoms with Gasteiger partial charge in [-0.25, -0.2) is 4.98 Å². The van der Waals surface area contributed by atoms with Crippen molar-refractivity contribution in [3.05, 3.63) is 23.2 Å². The topological polar surface area (TPSA) is 99.3 Å². The minimum absolute atomic E-state index is 0.144. The lowest BCUT2D eigenvalue weighted by Crippen LogP contribution is -2.48. The largest absolute Gasteiger partial charge is 0.465 e. The average Bonchev–Trinajstić information content (AvgIpc) is 3.14. The first-order valence-corrected chi connectivity index (χ1v) is 11.8. The number of rotatable bonds is 7. The number of hydrogen-bond acceptors (Lipinski definition) is 9. The fourth-order valence-corrected chi connectivity index (χ4v) is 5.52. The normalized spacial score (nSPS) is 23.1. The molecule has 0 spiro atoms. The lowest BCUT2D eigenvalue weighted by molar-refractivity contribution is -0.144. The molecular formula is C21H25N7O2S. The molecule has 2 saturated heterocycles. The van der Waals surface area contributed by atoms with E-state index in [1.807, 2.05) is 18.4 Å². The first-order valence-electron chi connectivity index (χ1n) is 10.9. The summed E-state index contributed by atoms with van der Waals surface area (Å²) in [4.78, 5) is 26.2. The Kier molecular flexibility index (Phi) is 4.57. The zero-order valence-corrected chi connectivity index (χ0v) is 18.2. The Balaban J connectivity index is 1.22. The average molecular weight is 440 g/mol. The van der Waals surface area contributed by atoms with E-state index in [1.165, 1.54) is 12.8 Å². The number of thiophene rings is 1. The molecule has 2 aliphatic heterocycles. The molecule has 1 saturated carbocycles. The van der Waals surface area contributed by atoms with Gasteiger partial charge in [0, 0.05) is 37.2 Å². The van der Waals surface area contributed by atoms with Gasteiger partial charge in [-0.3, -0.25) is 14.8 Å². The summed E-state index contributed by atoms with van der Waals surface area (Å²) in [6.45, 7) is 4.30. The number of aromatic nitrogens is 4. The Hall–Kier alpha value is -2.72. The summed E-state index contributed by atoms with van der Waals surface area (Å²) < 4.78 is 6.16. The molecule has 2 N–H and O–H groups in total. The van der Waals surface area contributed by atoms with Crippen molar-refractivity contribution in [3.8, 4) is 0 Å². The van der Waals surface area contributed by atoms with Crippen LogP contribution in [0, 0.1) is 0 Å². The van der Waals surface area contributed by atoms with Crippen LogP contribution in [-0.4, -0.2) is 69.4 Å². The molecule has 1 aliphatic carbocycles. The first-order chi connectivity index (χ1) is 15.2. The molecule has 5 heterocycles. The van der Waals surface area contributed by atoms with Crippen LogP contribution in [0.2, 0.25) is 0 Å². The van der Waals surface area contributed by atoms with Crippen molar-refractivity contribution in [3.63, 3.8) is 0 Å². The smallest absolute Gasteiger partial charge is 0.320 e. The van der Waals surface area contributed by atoms with E-state index in [1.54, 1.807) is 11.3 Å². The maximum Gasteiger partial charge on any atom is 0.320 e. The highest BCUT2D eigenvalue weighted by atomic mass is 32.1. The molecule has 0 aromatic carbocycles. The van der Waals surface area contributed by atoms with Gasteiger partial charge in [0.15, 0.2) is 5.82 Å². The molecule has 3 aliphatic rings. The van der Waals surface area contributed by atoms with Crippen LogP contribution in [0.15, 0.2) is 17.5 Å². The second-order valence-corrected chi connectivity index (χ2v) is 9.46. The van der Waals surface area contributed by atoms with E-state index in [9.17, 15) is 4.79 Å². The Labute approximate surface area is 183 Å². The highest BCUT2D eigenvalue weighted by Gasteiger charge is 2.45. The number of nitrogens with zero attached hydrogens (tertiary/aromatic N) is 5. The van der Waals surface area contributed by atoms with E-state index in [0.717, 1.165) is 53.0 Å². The van der Waals surface area contributed by atoms with E-state index in [4.69, 9.17) is 14.7 Å². The van der Waals surface area contributed by atoms with Crippen LogP contribution in [0.5, 0.6) is 0 Å². The molecule has 6 rings (SSSR count). The van der Waals surface area contributed by atoms with E-state index in [0.29, 0.717) is 31.2 Å². The number of aromatic amines is 1. The van der Waals surface area contributed by atoms with Crippen LogP contribution < -0.4 is 10.2 Å². The van der Waals surface area contributed by atoms with Gasteiger partial charge < -0.3 is 15.0 Å². The number of carbonyl (C=O) groups is 1. The predicted molar refractivity (Wildman–Crippen MR) is 119 cm³/mol. The van der Waals surface area contributed by atoms with E-state index >= 15 is 0 Å². The summed E-state index contributed by atoms with van der Waals surface area (Å²) in [5, 5.41) is 13.0. The summed E-state index contributed by atoms with van der Waals surface area (Å²) in [7, 11) is 0. The van der Waals surface area contributed by atoms with Crippen LogP contribution in [0.25, 0.3) is 10.2 Å². The number of piperazine rings is 1. The molecule has 3 aromatic rings. The van der Waals surface area contributed by atoms with Gasteiger partial charge in [0.05, 0.1) is 29.1 Å². The molecule has 3 fully saturated rings. The van der Waals surface area contributed by atoms with Gasteiger partial charge in [-0.05, 0) is 37.6 Å². The van der Waals surface area contributed by atoms with Gasteiger partial charge in [-0.15, -0.1) is 11.3 Å². The lowest BCUT2D eigenvalue weighted by Gasteiger charge is -2.33. The zero-order valence-electron chi connectivity index (χ0n) is 17.4. The highest BCUT2D eigenvalue weighted by Crippen LogP contribution is 2.40. The highest BCUT2D eigenvalue weighted by molar-refractivity contribution is 7.17. The maximum absolute atomic E-state index is 11.9. The Morgan fingerprint density at radius 3 is 3.00 bits per heavy atom. The summed E-state index contributed by atoms with van der Waals surface area (Å²) in [5.74, 6) is 2.89. The van der Waals surface area contributed by atoms with E-state index in [2.05, 4.69) is 31.4 Å². The SMILES string of the molecule is CCOC(=O)CN1C[C@@H]2C[C@H]1CN2c1nc(Nc2cc(C3CC3)n[nH]2)c2sccc2n1. The summed E-state index contributed by atoms with van der Waals surface area (Å²) >= 11 is 1.64. The number of esters is 1. The number of carbonyl (C=O) groups excluding carboxylic acids is 1. The Morgan fingerprint density at radius 1 is 1.32 bits per heavy atom. The lowest BCUT2D eigenvalue weighted by atomic mass is 10.2. The van der Waals surface area contributed by atoms with Crippen molar-refractivity contribution in [2.45, 2.75) is 44.2 Å². The van der Waals surface area contributed by atoms with Gasteiger partial charge in [-0.2, -0.15) is 10.1 Å². The third-order valence-corrected chi connectivity index (χ3v) is 7.30. The van der Waals surface area contributed by atoms with Gasteiger partial charge in [0.2, 0.25) is 5.95 Å². The van der Waals surface area contributed by atoms with E-state index in [-0.39, 0.29) is 5.97 Å². The molecule has 3 aromatic heterocycles. The Bertz CT molecular complexity index is 1120. The minimum Gasteiger partial charge on any atom is -0.465 e. The number of ether oxygens (including phenoxy) is 1. The molecule has 162 valence electrons. The molecular weight excluding hydrogens is 414 g/mol. The fraction of sp³-hybridized carbons (Fsp3) is 0.524. The number of nitrogens with one attached hydrogen (secondary N) is 2. The van der Waals surface area contributed by atoms with Gasteiger partial charge in [0.25, 0.3) is 0 Å². The van der Waals surface area contributed by atoms with E-state index < -0.39 is 0 Å². The van der Waals surface area contributed by atoms with Gasteiger partial charge in [0.1, 0.15) is 5.82 Å².